The second-order valence-electron chi connectivity index (χ2n) is 8.32. The summed E-state index contributed by atoms with van der Waals surface area (Å²) in [6.45, 7) is 9.38. The molecule has 0 saturated carbocycles. The molecule has 4 heteroatoms. The van der Waals surface area contributed by atoms with Gasteiger partial charge in [-0.15, -0.1) is 0 Å². The summed E-state index contributed by atoms with van der Waals surface area (Å²) in [6, 6.07) is 10.4. The predicted octanol–water partition coefficient (Wildman–Crippen LogP) is 4.41. The first kappa shape index (κ1) is 21.4. The number of carbonyl (C=O) groups is 1. The van der Waals surface area contributed by atoms with Crippen LogP contribution in [0.2, 0.25) is 0 Å². The minimum absolute atomic E-state index is 0.00774. The van der Waals surface area contributed by atoms with Gasteiger partial charge in [0.1, 0.15) is 5.75 Å². The van der Waals surface area contributed by atoms with Crippen LogP contribution in [0.5, 0.6) is 5.75 Å². The molecule has 2 aromatic carbocycles. The first-order valence-electron chi connectivity index (χ1n) is 10.6. The van der Waals surface area contributed by atoms with E-state index < -0.39 is 0 Å². The maximum absolute atomic E-state index is 13.0. The van der Waals surface area contributed by atoms with Crippen LogP contribution in [-0.2, 0) is 6.42 Å². The normalized spacial score (nSPS) is 17.6. The van der Waals surface area contributed by atoms with Gasteiger partial charge in [-0.05, 0) is 99.5 Å². The summed E-state index contributed by atoms with van der Waals surface area (Å²) in [5.41, 5.74) is 6.76. The molecule has 1 saturated heterocycles. The third-order valence-corrected chi connectivity index (χ3v) is 6.43. The molecule has 0 radical (unpaired) electrons. The zero-order valence-electron chi connectivity index (χ0n) is 18.4. The van der Waals surface area contributed by atoms with E-state index in [1.165, 1.54) is 35.1 Å². The lowest BCUT2D eigenvalue weighted by Crippen LogP contribution is -2.52. The molecule has 2 aromatic rings. The highest BCUT2D eigenvalue weighted by molar-refractivity contribution is 5.94. The minimum Gasteiger partial charge on any atom is -0.496 e. The van der Waals surface area contributed by atoms with Gasteiger partial charge in [0.25, 0.3) is 5.91 Å². The van der Waals surface area contributed by atoms with Crippen molar-refractivity contribution in [3.05, 3.63) is 63.7 Å². The summed E-state index contributed by atoms with van der Waals surface area (Å²) in [6.07, 6.45) is 4.31. The van der Waals surface area contributed by atoms with Crippen molar-refractivity contribution < 1.29 is 9.53 Å². The second-order valence-corrected chi connectivity index (χ2v) is 8.32. The van der Waals surface area contributed by atoms with E-state index in [1.807, 2.05) is 24.3 Å². The average Bonchev–Trinajstić information content (AvgIpc) is 2.73. The Morgan fingerprint density at radius 2 is 1.90 bits per heavy atom. The van der Waals surface area contributed by atoms with E-state index in [0.717, 1.165) is 36.3 Å². The number of piperidine rings is 1. The second kappa shape index (κ2) is 9.45. The lowest BCUT2D eigenvalue weighted by Gasteiger charge is -2.33. The van der Waals surface area contributed by atoms with Crippen LogP contribution in [0.4, 0.5) is 0 Å². The van der Waals surface area contributed by atoms with Gasteiger partial charge in [-0.3, -0.25) is 4.79 Å². The molecule has 29 heavy (non-hydrogen) atoms. The Kier molecular flexibility index (Phi) is 6.96. The Balaban J connectivity index is 1.84. The van der Waals surface area contributed by atoms with Crippen molar-refractivity contribution in [3.63, 3.8) is 0 Å². The molecule has 2 unspecified atom stereocenters. The number of nitrogens with one attached hydrogen (secondary N) is 2. The molecule has 0 aliphatic carbocycles. The number of hydrogen-bond donors (Lipinski definition) is 2. The topological polar surface area (TPSA) is 50.4 Å². The van der Waals surface area contributed by atoms with Crippen molar-refractivity contribution in [1.82, 2.24) is 10.6 Å². The number of hydrogen-bond acceptors (Lipinski definition) is 3. The molecule has 156 valence electrons. The third kappa shape index (κ3) is 4.99. The van der Waals surface area contributed by atoms with E-state index in [1.54, 1.807) is 7.11 Å². The van der Waals surface area contributed by atoms with Gasteiger partial charge < -0.3 is 15.4 Å². The van der Waals surface area contributed by atoms with Crippen LogP contribution in [0.25, 0.3) is 0 Å². The monoisotopic (exact) mass is 394 g/mol. The van der Waals surface area contributed by atoms with Crippen molar-refractivity contribution in [2.45, 2.75) is 65.5 Å². The average molecular weight is 395 g/mol. The highest BCUT2D eigenvalue weighted by Gasteiger charge is 2.26. The Bertz CT molecular complexity index is 869. The van der Waals surface area contributed by atoms with Crippen LogP contribution < -0.4 is 15.4 Å². The van der Waals surface area contributed by atoms with Crippen LogP contribution in [0.15, 0.2) is 30.3 Å². The summed E-state index contributed by atoms with van der Waals surface area (Å²) < 4.78 is 5.46. The Morgan fingerprint density at radius 3 is 2.55 bits per heavy atom. The zero-order chi connectivity index (χ0) is 21.0. The molecule has 1 fully saturated rings. The molecule has 0 bridgehead atoms. The van der Waals surface area contributed by atoms with E-state index in [4.69, 9.17) is 4.74 Å². The summed E-state index contributed by atoms with van der Waals surface area (Å²) >= 11 is 0. The fourth-order valence-electron chi connectivity index (χ4n) is 4.18. The summed E-state index contributed by atoms with van der Waals surface area (Å²) in [5, 5.41) is 6.97. The Hall–Kier alpha value is -2.33. The molecule has 2 N–H and O–H groups in total. The van der Waals surface area contributed by atoms with E-state index in [2.05, 4.69) is 44.4 Å². The molecule has 3 rings (SSSR count). The fourth-order valence-corrected chi connectivity index (χ4v) is 4.18. The quantitative estimate of drug-likeness (QED) is 0.763. The minimum atomic E-state index is 0.00774. The van der Waals surface area contributed by atoms with E-state index >= 15 is 0 Å². The van der Waals surface area contributed by atoms with Crippen molar-refractivity contribution in [1.29, 1.82) is 0 Å². The number of amides is 1. The standard InChI is InChI=1S/C25H34N2O2/c1-16-9-10-21(14-17(16)2)25(28)27-23(22-8-6-7-13-26-22)15-20-11-12-24(29-5)19(4)18(20)3/h9-12,14,22-23,26H,6-8,13,15H2,1-5H3,(H,27,28). The zero-order valence-corrected chi connectivity index (χ0v) is 18.4. The van der Waals surface area contributed by atoms with Gasteiger partial charge in [-0.2, -0.15) is 0 Å². The summed E-state index contributed by atoms with van der Waals surface area (Å²) in [4.78, 5) is 13.0. The summed E-state index contributed by atoms with van der Waals surface area (Å²) in [5.74, 6) is 0.922. The van der Waals surface area contributed by atoms with Crippen molar-refractivity contribution in [2.24, 2.45) is 0 Å². The van der Waals surface area contributed by atoms with Gasteiger partial charge in [0.2, 0.25) is 0 Å². The SMILES string of the molecule is COc1ccc(CC(NC(=O)c2ccc(C)c(C)c2)C2CCCCN2)c(C)c1C. The number of ether oxygens (including phenoxy) is 1. The van der Waals surface area contributed by atoms with Crippen LogP contribution in [0.1, 0.15) is 57.4 Å². The van der Waals surface area contributed by atoms with Gasteiger partial charge in [-0.25, -0.2) is 0 Å². The third-order valence-electron chi connectivity index (χ3n) is 6.43. The first-order chi connectivity index (χ1) is 13.9. The fraction of sp³-hybridized carbons (Fsp3) is 0.480. The predicted molar refractivity (Wildman–Crippen MR) is 119 cm³/mol. The Labute approximate surface area is 175 Å². The van der Waals surface area contributed by atoms with E-state index in [-0.39, 0.29) is 11.9 Å². The molecule has 2 atom stereocenters. The first-order valence-corrected chi connectivity index (χ1v) is 10.6. The lowest BCUT2D eigenvalue weighted by atomic mass is 9.90. The van der Waals surface area contributed by atoms with Crippen LogP contribution in [0.3, 0.4) is 0 Å². The van der Waals surface area contributed by atoms with Gasteiger partial charge in [0, 0.05) is 17.6 Å². The molecule has 1 aliphatic rings. The Morgan fingerprint density at radius 1 is 1.10 bits per heavy atom. The number of aryl methyl sites for hydroxylation is 2. The maximum atomic E-state index is 13.0. The van der Waals surface area contributed by atoms with Gasteiger partial charge in [0.15, 0.2) is 0 Å². The van der Waals surface area contributed by atoms with Crippen LogP contribution >= 0.6 is 0 Å². The molecular weight excluding hydrogens is 360 g/mol. The maximum Gasteiger partial charge on any atom is 0.251 e. The smallest absolute Gasteiger partial charge is 0.251 e. The molecule has 4 nitrogen and oxygen atoms in total. The van der Waals surface area contributed by atoms with E-state index in [0.29, 0.717) is 6.04 Å². The number of methoxy groups -OCH3 is 1. The summed E-state index contributed by atoms with van der Waals surface area (Å²) in [7, 11) is 1.71. The van der Waals surface area contributed by atoms with Gasteiger partial charge in [-0.1, -0.05) is 18.6 Å². The number of benzene rings is 2. The van der Waals surface area contributed by atoms with Crippen molar-refractivity contribution in [2.75, 3.05) is 13.7 Å². The van der Waals surface area contributed by atoms with Crippen LogP contribution in [-0.4, -0.2) is 31.6 Å². The molecular formula is C25H34N2O2. The van der Waals surface area contributed by atoms with E-state index in [9.17, 15) is 4.79 Å². The van der Waals surface area contributed by atoms with Crippen LogP contribution in [0, 0.1) is 27.7 Å². The number of carbonyl (C=O) groups excluding carboxylic acids is 1. The molecule has 1 heterocycles. The highest BCUT2D eigenvalue weighted by atomic mass is 16.5. The molecule has 1 amide bonds. The van der Waals surface area contributed by atoms with Gasteiger partial charge >= 0.3 is 0 Å². The molecule has 0 aromatic heterocycles. The van der Waals surface area contributed by atoms with Crippen molar-refractivity contribution in [3.8, 4) is 5.75 Å². The van der Waals surface area contributed by atoms with Crippen molar-refractivity contribution >= 4 is 5.91 Å². The molecule has 0 spiro atoms. The molecule has 1 aliphatic heterocycles. The number of rotatable bonds is 6. The largest absolute Gasteiger partial charge is 0.496 e. The van der Waals surface area contributed by atoms with Gasteiger partial charge in [0.05, 0.1) is 7.11 Å². The highest BCUT2D eigenvalue weighted by Crippen LogP contribution is 2.26. The lowest BCUT2D eigenvalue weighted by molar-refractivity contribution is 0.0923.